The molecule has 1 heterocycles. The van der Waals surface area contributed by atoms with E-state index in [0.717, 1.165) is 11.3 Å². The summed E-state index contributed by atoms with van der Waals surface area (Å²) in [6, 6.07) is 7.56. The average molecular weight is 275 g/mol. The normalized spacial score (nSPS) is 10.6. The first-order valence-corrected chi connectivity index (χ1v) is 6.36. The van der Waals surface area contributed by atoms with Gasteiger partial charge in [0.1, 0.15) is 12.4 Å². The van der Waals surface area contributed by atoms with Gasteiger partial charge in [-0.1, -0.05) is 12.1 Å². The molecule has 2 rings (SSSR count). The number of nitrogens with zero attached hydrogens (tertiary/aromatic N) is 3. The summed E-state index contributed by atoms with van der Waals surface area (Å²) in [4.78, 5) is 23.0. The van der Waals surface area contributed by atoms with Crippen LogP contribution in [0.2, 0.25) is 0 Å². The van der Waals surface area contributed by atoms with E-state index in [2.05, 4.69) is 5.10 Å². The molecule has 0 aliphatic rings. The predicted molar refractivity (Wildman–Crippen MR) is 73.9 cm³/mol. The highest BCUT2D eigenvalue weighted by Crippen LogP contribution is 2.07. The SMILES string of the molecule is CC(=O)OCCn1c(C)nn(-c2cccc(C)c2)c1=O. The Bertz CT molecular complexity index is 685. The van der Waals surface area contributed by atoms with E-state index in [1.165, 1.54) is 16.2 Å². The minimum absolute atomic E-state index is 0.162. The second-order valence-electron chi connectivity index (χ2n) is 4.57. The number of carbonyl (C=O) groups is 1. The molecule has 1 aromatic heterocycles. The van der Waals surface area contributed by atoms with Gasteiger partial charge in [0.2, 0.25) is 0 Å². The molecule has 0 fully saturated rings. The summed E-state index contributed by atoms with van der Waals surface area (Å²) in [7, 11) is 0. The number of aryl methyl sites for hydroxylation is 2. The van der Waals surface area contributed by atoms with E-state index in [4.69, 9.17) is 4.74 Å². The van der Waals surface area contributed by atoms with Crippen LogP contribution in [-0.4, -0.2) is 26.9 Å². The lowest BCUT2D eigenvalue weighted by atomic mass is 10.2. The van der Waals surface area contributed by atoms with E-state index < -0.39 is 0 Å². The van der Waals surface area contributed by atoms with Gasteiger partial charge in [-0.15, -0.1) is 0 Å². The van der Waals surface area contributed by atoms with E-state index in [-0.39, 0.29) is 18.3 Å². The first kappa shape index (κ1) is 14.0. The Morgan fingerprint density at radius 3 is 2.75 bits per heavy atom. The highest BCUT2D eigenvalue weighted by atomic mass is 16.5. The molecule has 0 unspecified atom stereocenters. The minimum atomic E-state index is -0.359. The van der Waals surface area contributed by atoms with Crippen molar-refractivity contribution in [3.63, 3.8) is 0 Å². The van der Waals surface area contributed by atoms with Gasteiger partial charge >= 0.3 is 11.7 Å². The molecule has 0 amide bonds. The van der Waals surface area contributed by atoms with Crippen molar-refractivity contribution in [3.8, 4) is 5.69 Å². The first-order chi connectivity index (χ1) is 9.49. The van der Waals surface area contributed by atoms with Crippen LogP contribution in [0.15, 0.2) is 29.1 Å². The molecule has 0 spiro atoms. The Morgan fingerprint density at radius 2 is 2.10 bits per heavy atom. The van der Waals surface area contributed by atoms with E-state index in [0.29, 0.717) is 12.4 Å². The van der Waals surface area contributed by atoms with Crippen molar-refractivity contribution in [2.45, 2.75) is 27.3 Å². The van der Waals surface area contributed by atoms with Gasteiger partial charge in [-0.05, 0) is 31.5 Å². The van der Waals surface area contributed by atoms with Gasteiger partial charge in [0, 0.05) is 6.92 Å². The van der Waals surface area contributed by atoms with Crippen molar-refractivity contribution >= 4 is 5.97 Å². The fourth-order valence-electron chi connectivity index (χ4n) is 1.96. The predicted octanol–water partition coefficient (Wildman–Crippen LogP) is 1.21. The lowest BCUT2D eigenvalue weighted by Gasteiger charge is -2.03. The average Bonchev–Trinajstić information content (AvgIpc) is 2.66. The monoisotopic (exact) mass is 275 g/mol. The first-order valence-electron chi connectivity index (χ1n) is 6.36. The zero-order valence-electron chi connectivity index (χ0n) is 11.8. The molecule has 6 nitrogen and oxygen atoms in total. The van der Waals surface area contributed by atoms with Crippen molar-refractivity contribution in [1.82, 2.24) is 14.3 Å². The maximum Gasteiger partial charge on any atom is 0.350 e. The number of aromatic nitrogens is 3. The van der Waals surface area contributed by atoms with Crippen LogP contribution in [0.4, 0.5) is 0 Å². The van der Waals surface area contributed by atoms with Crippen molar-refractivity contribution in [1.29, 1.82) is 0 Å². The van der Waals surface area contributed by atoms with Crippen LogP contribution in [0.5, 0.6) is 0 Å². The van der Waals surface area contributed by atoms with Crippen LogP contribution in [0, 0.1) is 13.8 Å². The van der Waals surface area contributed by atoms with Crippen LogP contribution in [0.1, 0.15) is 18.3 Å². The van der Waals surface area contributed by atoms with Crippen LogP contribution in [0.25, 0.3) is 5.69 Å². The summed E-state index contributed by atoms with van der Waals surface area (Å²) in [6.07, 6.45) is 0. The second kappa shape index (κ2) is 5.73. The fraction of sp³-hybridized carbons (Fsp3) is 0.357. The summed E-state index contributed by atoms with van der Waals surface area (Å²) in [5, 5.41) is 4.25. The Kier molecular flexibility index (Phi) is 4.02. The zero-order chi connectivity index (χ0) is 14.7. The number of rotatable bonds is 4. The lowest BCUT2D eigenvalue weighted by Crippen LogP contribution is -2.26. The molecular weight excluding hydrogens is 258 g/mol. The molecule has 0 aliphatic heterocycles. The molecule has 0 N–H and O–H groups in total. The maximum absolute atomic E-state index is 12.3. The maximum atomic E-state index is 12.3. The highest BCUT2D eigenvalue weighted by Gasteiger charge is 2.11. The Balaban J connectivity index is 2.29. The summed E-state index contributed by atoms with van der Waals surface area (Å²) >= 11 is 0. The molecule has 0 saturated heterocycles. The molecule has 1 aromatic carbocycles. The molecule has 2 aromatic rings. The molecule has 20 heavy (non-hydrogen) atoms. The van der Waals surface area contributed by atoms with Crippen molar-refractivity contribution in [2.75, 3.05) is 6.61 Å². The Hall–Kier alpha value is -2.37. The number of hydrogen-bond donors (Lipinski definition) is 0. The van der Waals surface area contributed by atoms with E-state index in [9.17, 15) is 9.59 Å². The van der Waals surface area contributed by atoms with E-state index >= 15 is 0 Å². The second-order valence-corrected chi connectivity index (χ2v) is 4.57. The molecule has 0 radical (unpaired) electrons. The molecule has 6 heteroatoms. The topological polar surface area (TPSA) is 66.1 Å². The Morgan fingerprint density at radius 1 is 1.35 bits per heavy atom. The molecule has 0 bridgehead atoms. The lowest BCUT2D eigenvalue weighted by molar-refractivity contribution is -0.141. The number of benzene rings is 1. The van der Waals surface area contributed by atoms with Crippen LogP contribution >= 0.6 is 0 Å². The fourth-order valence-corrected chi connectivity index (χ4v) is 1.96. The zero-order valence-corrected chi connectivity index (χ0v) is 11.8. The van der Waals surface area contributed by atoms with Crippen LogP contribution in [-0.2, 0) is 16.1 Å². The third-order valence-electron chi connectivity index (χ3n) is 2.91. The summed E-state index contributed by atoms with van der Waals surface area (Å²) in [5.41, 5.74) is 1.55. The van der Waals surface area contributed by atoms with E-state index in [1.54, 1.807) is 6.92 Å². The van der Waals surface area contributed by atoms with Gasteiger partial charge in [0.15, 0.2) is 0 Å². The largest absolute Gasteiger partial charge is 0.464 e. The summed E-state index contributed by atoms with van der Waals surface area (Å²) in [5.74, 6) is 0.227. The summed E-state index contributed by atoms with van der Waals surface area (Å²) in [6.45, 7) is 5.51. The van der Waals surface area contributed by atoms with Gasteiger partial charge in [-0.3, -0.25) is 9.36 Å². The quantitative estimate of drug-likeness (QED) is 0.787. The standard InChI is InChI=1S/C14H17N3O3/c1-10-5-4-6-13(9-10)17-14(19)16(11(2)15-17)7-8-20-12(3)18/h4-6,9H,7-8H2,1-3H3. The summed E-state index contributed by atoms with van der Waals surface area (Å²) < 4.78 is 7.70. The number of esters is 1. The number of carbonyl (C=O) groups excluding carboxylic acids is 1. The van der Waals surface area contributed by atoms with Gasteiger partial charge in [-0.2, -0.15) is 9.78 Å². The number of ether oxygens (including phenoxy) is 1. The molecule has 106 valence electrons. The van der Waals surface area contributed by atoms with Crippen LogP contribution < -0.4 is 5.69 Å². The van der Waals surface area contributed by atoms with Crippen LogP contribution in [0.3, 0.4) is 0 Å². The highest BCUT2D eigenvalue weighted by molar-refractivity contribution is 5.65. The van der Waals surface area contributed by atoms with E-state index in [1.807, 2.05) is 31.2 Å². The number of hydrogen-bond acceptors (Lipinski definition) is 4. The third kappa shape index (κ3) is 2.96. The van der Waals surface area contributed by atoms with Gasteiger partial charge in [-0.25, -0.2) is 4.79 Å². The molecular formula is C14H17N3O3. The van der Waals surface area contributed by atoms with Gasteiger partial charge in [0.05, 0.1) is 12.2 Å². The molecule has 0 aliphatic carbocycles. The third-order valence-corrected chi connectivity index (χ3v) is 2.91. The molecule has 0 saturated carbocycles. The van der Waals surface area contributed by atoms with Crippen molar-refractivity contribution in [3.05, 3.63) is 46.1 Å². The van der Waals surface area contributed by atoms with Gasteiger partial charge < -0.3 is 4.74 Å². The smallest absolute Gasteiger partial charge is 0.350 e. The van der Waals surface area contributed by atoms with Crippen molar-refractivity contribution in [2.24, 2.45) is 0 Å². The minimum Gasteiger partial charge on any atom is -0.464 e. The Labute approximate surface area is 116 Å². The molecule has 0 atom stereocenters. The van der Waals surface area contributed by atoms with Crippen molar-refractivity contribution < 1.29 is 9.53 Å². The van der Waals surface area contributed by atoms with Gasteiger partial charge in [0.25, 0.3) is 0 Å².